The van der Waals surface area contributed by atoms with Crippen molar-refractivity contribution >= 4 is 5.82 Å². The minimum atomic E-state index is 0.309. The molecule has 2 heterocycles. The summed E-state index contributed by atoms with van der Waals surface area (Å²) in [5.41, 5.74) is 1.78. The molecular weight excluding hydrogens is 266 g/mol. The Balaban J connectivity index is 2.41. The summed E-state index contributed by atoms with van der Waals surface area (Å²) in [7, 11) is 1.67. The van der Waals surface area contributed by atoms with Gasteiger partial charge in [0.25, 0.3) is 0 Å². The van der Waals surface area contributed by atoms with E-state index in [-0.39, 0.29) is 0 Å². The molecule has 0 fully saturated rings. The van der Waals surface area contributed by atoms with Crippen molar-refractivity contribution in [1.29, 1.82) is 0 Å². The Morgan fingerprint density at radius 3 is 2.81 bits per heavy atom. The summed E-state index contributed by atoms with van der Waals surface area (Å²) in [5.74, 6) is 1.50. The topological polar surface area (TPSA) is 64.9 Å². The van der Waals surface area contributed by atoms with Crippen LogP contribution in [0.5, 0.6) is 0 Å². The van der Waals surface area contributed by atoms with Gasteiger partial charge in [-0.2, -0.15) is 0 Å². The summed E-state index contributed by atoms with van der Waals surface area (Å²) >= 11 is 0. The number of nitrogens with one attached hydrogen (secondary N) is 1. The molecule has 0 amide bonds. The Morgan fingerprint density at radius 1 is 1.33 bits per heavy atom. The molecule has 0 saturated carbocycles. The van der Waals surface area contributed by atoms with Gasteiger partial charge in [-0.3, -0.25) is 0 Å². The predicted molar refractivity (Wildman–Crippen MR) is 83.1 cm³/mol. The lowest BCUT2D eigenvalue weighted by molar-refractivity contribution is 0.181. The molecule has 0 atom stereocenters. The van der Waals surface area contributed by atoms with Crippen LogP contribution in [0, 0.1) is 0 Å². The second kappa shape index (κ2) is 7.17. The van der Waals surface area contributed by atoms with Crippen molar-refractivity contribution in [3.63, 3.8) is 0 Å². The van der Waals surface area contributed by atoms with Crippen molar-refractivity contribution in [2.45, 2.75) is 39.8 Å². The van der Waals surface area contributed by atoms with Gasteiger partial charge in [-0.15, -0.1) is 0 Å². The van der Waals surface area contributed by atoms with Gasteiger partial charge in [0.1, 0.15) is 11.5 Å². The van der Waals surface area contributed by atoms with Gasteiger partial charge < -0.3 is 14.6 Å². The largest absolute Gasteiger partial charge is 0.378 e. The van der Waals surface area contributed by atoms with Crippen LogP contribution < -0.4 is 5.32 Å². The highest BCUT2D eigenvalue weighted by atomic mass is 16.5. The van der Waals surface area contributed by atoms with Gasteiger partial charge in [0.05, 0.1) is 24.8 Å². The molecular formula is C15H23N5O. The van der Waals surface area contributed by atoms with E-state index < -0.39 is 0 Å². The van der Waals surface area contributed by atoms with Crippen molar-refractivity contribution in [1.82, 2.24) is 19.5 Å². The van der Waals surface area contributed by atoms with E-state index in [1.54, 1.807) is 13.3 Å². The smallest absolute Gasteiger partial charge is 0.180 e. The van der Waals surface area contributed by atoms with Gasteiger partial charge in [-0.25, -0.2) is 15.0 Å². The maximum Gasteiger partial charge on any atom is 0.180 e. The van der Waals surface area contributed by atoms with Crippen LogP contribution in [0.15, 0.2) is 18.6 Å². The molecule has 0 spiro atoms. The highest BCUT2D eigenvalue weighted by Crippen LogP contribution is 2.21. The van der Waals surface area contributed by atoms with Gasteiger partial charge in [0.15, 0.2) is 5.82 Å². The molecule has 0 radical (unpaired) electrons. The zero-order valence-electron chi connectivity index (χ0n) is 13.1. The minimum absolute atomic E-state index is 0.309. The monoisotopic (exact) mass is 289 g/mol. The first-order chi connectivity index (χ1) is 10.2. The molecule has 0 aliphatic rings. The van der Waals surface area contributed by atoms with Gasteiger partial charge in [-0.1, -0.05) is 6.92 Å². The lowest BCUT2D eigenvalue weighted by Crippen LogP contribution is -2.08. The number of hydrogen-bond acceptors (Lipinski definition) is 5. The first-order valence-corrected chi connectivity index (χ1v) is 7.28. The van der Waals surface area contributed by atoms with Crippen LogP contribution in [-0.2, 0) is 11.3 Å². The lowest BCUT2D eigenvalue weighted by atomic mass is 10.3. The average molecular weight is 289 g/mol. The highest BCUT2D eigenvalue weighted by molar-refractivity contribution is 5.53. The average Bonchev–Trinajstić information content (AvgIpc) is 2.95. The SMILES string of the molecule is CCCNc1cc(COC)nc(-c2cncn2C(C)C)n1. The van der Waals surface area contributed by atoms with E-state index in [1.165, 1.54) is 0 Å². The fourth-order valence-electron chi connectivity index (χ4n) is 2.07. The summed E-state index contributed by atoms with van der Waals surface area (Å²) in [5, 5.41) is 3.31. The molecule has 0 unspecified atom stereocenters. The number of rotatable bonds is 7. The zero-order chi connectivity index (χ0) is 15.2. The third-order valence-corrected chi connectivity index (χ3v) is 3.08. The quantitative estimate of drug-likeness (QED) is 0.849. The molecule has 1 N–H and O–H groups in total. The van der Waals surface area contributed by atoms with Crippen LogP contribution in [0.3, 0.4) is 0 Å². The summed E-state index contributed by atoms with van der Waals surface area (Å²) in [4.78, 5) is 13.4. The van der Waals surface area contributed by atoms with Gasteiger partial charge in [0, 0.05) is 25.8 Å². The highest BCUT2D eigenvalue weighted by Gasteiger charge is 2.13. The van der Waals surface area contributed by atoms with E-state index in [2.05, 4.69) is 45.6 Å². The van der Waals surface area contributed by atoms with Crippen LogP contribution in [0.2, 0.25) is 0 Å². The zero-order valence-corrected chi connectivity index (χ0v) is 13.1. The van der Waals surface area contributed by atoms with Crippen LogP contribution in [0.1, 0.15) is 38.9 Å². The summed E-state index contributed by atoms with van der Waals surface area (Å²) in [6.45, 7) is 7.69. The van der Waals surface area contributed by atoms with Crippen LogP contribution >= 0.6 is 0 Å². The Labute approximate surface area is 125 Å². The second-order valence-electron chi connectivity index (χ2n) is 5.21. The number of aromatic nitrogens is 4. The Bertz CT molecular complexity index is 579. The normalized spacial score (nSPS) is 11.1. The van der Waals surface area contributed by atoms with E-state index in [0.717, 1.165) is 30.2 Å². The Kier molecular flexibility index (Phi) is 5.27. The molecule has 0 aliphatic carbocycles. The first kappa shape index (κ1) is 15.4. The van der Waals surface area contributed by atoms with E-state index in [0.29, 0.717) is 18.5 Å². The number of hydrogen-bond donors (Lipinski definition) is 1. The fourth-order valence-corrected chi connectivity index (χ4v) is 2.07. The summed E-state index contributed by atoms with van der Waals surface area (Å²) in [6, 6.07) is 2.24. The predicted octanol–water partition coefficient (Wildman–Crippen LogP) is 2.89. The number of imidazole rings is 1. The van der Waals surface area contributed by atoms with Gasteiger partial charge in [-0.05, 0) is 20.3 Å². The molecule has 6 nitrogen and oxygen atoms in total. The second-order valence-corrected chi connectivity index (χ2v) is 5.21. The third kappa shape index (κ3) is 3.78. The van der Waals surface area contributed by atoms with Crippen molar-refractivity contribution in [3.8, 4) is 11.5 Å². The van der Waals surface area contributed by atoms with E-state index in [1.807, 2.05) is 12.4 Å². The van der Waals surface area contributed by atoms with E-state index in [4.69, 9.17) is 4.74 Å². The molecule has 0 aromatic carbocycles. The Morgan fingerprint density at radius 2 is 2.14 bits per heavy atom. The fraction of sp³-hybridized carbons (Fsp3) is 0.533. The van der Waals surface area contributed by atoms with Crippen molar-refractivity contribution in [3.05, 3.63) is 24.3 Å². The number of ether oxygens (including phenoxy) is 1. The van der Waals surface area contributed by atoms with Crippen molar-refractivity contribution in [2.24, 2.45) is 0 Å². The molecule has 0 bridgehead atoms. The first-order valence-electron chi connectivity index (χ1n) is 7.28. The molecule has 2 aromatic heterocycles. The van der Waals surface area contributed by atoms with Crippen LogP contribution in [0.4, 0.5) is 5.82 Å². The summed E-state index contributed by atoms with van der Waals surface area (Å²) in [6.07, 6.45) is 4.66. The van der Waals surface area contributed by atoms with Gasteiger partial charge >= 0.3 is 0 Å². The van der Waals surface area contributed by atoms with Gasteiger partial charge in [0.2, 0.25) is 0 Å². The Hall–Kier alpha value is -1.95. The van der Waals surface area contributed by atoms with Crippen molar-refractivity contribution in [2.75, 3.05) is 19.0 Å². The number of nitrogens with zero attached hydrogens (tertiary/aromatic N) is 4. The minimum Gasteiger partial charge on any atom is -0.378 e. The van der Waals surface area contributed by atoms with Crippen LogP contribution in [-0.4, -0.2) is 33.2 Å². The molecule has 2 aromatic rings. The molecule has 0 saturated heterocycles. The molecule has 2 rings (SSSR count). The molecule has 0 aliphatic heterocycles. The van der Waals surface area contributed by atoms with E-state index in [9.17, 15) is 0 Å². The molecule has 21 heavy (non-hydrogen) atoms. The number of anilines is 1. The third-order valence-electron chi connectivity index (χ3n) is 3.08. The molecule has 6 heteroatoms. The number of methoxy groups -OCH3 is 1. The maximum atomic E-state index is 5.20. The summed E-state index contributed by atoms with van der Waals surface area (Å²) < 4.78 is 7.26. The van der Waals surface area contributed by atoms with Crippen molar-refractivity contribution < 1.29 is 4.74 Å². The maximum absolute atomic E-state index is 5.20. The van der Waals surface area contributed by atoms with E-state index >= 15 is 0 Å². The lowest BCUT2D eigenvalue weighted by Gasteiger charge is -2.13. The standard InChI is InChI=1S/C15H23N5O/c1-5-6-17-14-7-12(9-21-4)18-15(19-14)13-8-16-10-20(13)11(2)3/h7-8,10-11H,5-6,9H2,1-4H3,(H,17,18,19). The molecule has 114 valence electrons. The van der Waals surface area contributed by atoms with Crippen LogP contribution in [0.25, 0.3) is 11.5 Å².